The van der Waals surface area contributed by atoms with E-state index in [1.807, 2.05) is 35.2 Å². The summed E-state index contributed by atoms with van der Waals surface area (Å²) in [5, 5.41) is 9.70. The van der Waals surface area contributed by atoms with Crippen LogP contribution < -0.4 is 4.74 Å². The number of aromatic hydroxyl groups is 1. The van der Waals surface area contributed by atoms with Crippen molar-refractivity contribution in [1.82, 2.24) is 4.90 Å². The van der Waals surface area contributed by atoms with E-state index in [1.165, 1.54) is 6.07 Å². The van der Waals surface area contributed by atoms with Gasteiger partial charge in [0.2, 0.25) is 5.91 Å². The highest BCUT2D eigenvalue weighted by atomic mass is 16.5. The fraction of sp³-hybridized carbons (Fsp3) is 0.263. The largest absolute Gasteiger partial charge is 0.507 e. The first-order valence-electron chi connectivity index (χ1n) is 7.92. The Morgan fingerprint density at radius 1 is 1.17 bits per heavy atom. The Bertz CT molecular complexity index is 729. The van der Waals surface area contributed by atoms with Crippen molar-refractivity contribution in [2.24, 2.45) is 0 Å². The summed E-state index contributed by atoms with van der Waals surface area (Å²) < 4.78 is 5.72. The number of aldehydes is 1. The van der Waals surface area contributed by atoms with Gasteiger partial charge in [0.25, 0.3) is 0 Å². The number of hydrogen-bond donors (Lipinski definition) is 1. The van der Waals surface area contributed by atoms with E-state index in [2.05, 4.69) is 0 Å². The van der Waals surface area contributed by atoms with Gasteiger partial charge in [0.05, 0.1) is 11.6 Å². The Labute approximate surface area is 140 Å². The van der Waals surface area contributed by atoms with Gasteiger partial charge < -0.3 is 14.7 Å². The van der Waals surface area contributed by atoms with E-state index in [0.29, 0.717) is 31.6 Å². The lowest BCUT2D eigenvalue weighted by Gasteiger charge is -2.25. The molecule has 124 valence electrons. The molecular formula is C19H19NO4. The van der Waals surface area contributed by atoms with Crippen LogP contribution in [0.3, 0.4) is 0 Å². The quantitative estimate of drug-likeness (QED) is 0.829. The average Bonchev–Trinajstić information content (AvgIpc) is 2.94. The lowest BCUT2D eigenvalue weighted by Crippen LogP contribution is -2.36. The second-order valence-corrected chi connectivity index (χ2v) is 5.82. The number of amides is 1. The van der Waals surface area contributed by atoms with E-state index in [1.54, 1.807) is 12.1 Å². The van der Waals surface area contributed by atoms with Crippen LogP contribution in [0.5, 0.6) is 11.5 Å². The molecule has 0 bridgehead atoms. The number of carbonyl (C=O) groups is 2. The van der Waals surface area contributed by atoms with Gasteiger partial charge in [0, 0.05) is 13.0 Å². The standard InChI is InChI=1S/C19H19NO4/c21-12-16-17(22)7-4-8-18(16)24-13-15-9-10-19(23)20(15)11-14-5-2-1-3-6-14/h1-8,12,15,22H,9-11,13H2. The van der Waals surface area contributed by atoms with Crippen molar-refractivity contribution in [2.75, 3.05) is 6.61 Å². The van der Waals surface area contributed by atoms with Gasteiger partial charge in [-0.05, 0) is 24.1 Å². The molecule has 1 amide bonds. The smallest absolute Gasteiger partial charge is 0.223 e. The number of ether oxygens (including phenoxy) is 1. The monoisotopic (exact) mass is 325 g/mol. The minimum atomic E-state index is -0.105. The number of benzene rings is 2. The fourth-order valence-corrected chi connectivity index (χ4v) is 2.93. The third-order valence-corrected chi connectivity index (χ3v) is 4.24. The normalized spacial score (nSPS) is 17.1. The first kappa shape index (κ1) is 16.1. The molecule has 0 saturated carbocycles. The van der Waals surface area contributed by atoms with Crippen LogP contribution >= 0.6 is 0 Å². The topological polar surface area (TPSA) is 66.8 Å². The molecule has 1 N–H and O–H groups in total. The molecule has 2 aromatic carbocycles. The predicted octanol–water partition coefficient (Wildman–Crippen LogP) is 2.77. The molecule has 0 radical (unpaired) electrons. The molecule has 1 atom stereocenters. The summed E-state index contributed by atoms with van der Waals surface area (Å²) >= 11 is 0. The van der Waals surface area contributed by atoms with Crippen LogP contribution in [0.15, 0.2) is 48.5 Å². The number of nitrogens with zero attached hydrogens (tertiary/aromatic N) is 1. The predicted molar refractivity (Wildman–Crippen MR) is 89.0 cm³/mol. The molecule has 1 saturated heterocycles. The maximum absolute atomic E-state index is 12.2. The lowest BCUT2D eigenvalue weighted by molar-refractivity contribution is -0.129. The van der Waals surface area contributed by atoms with Crippen molar-refractivity contribution in [3.8, 4) is 11.5 Å². The molecule has 1 heterocycles. The van der Waals surface area contributed by atoms with E-state index in [4.69, 9.17) is 4.74 Å². The van der Waals surface area contributed by atoms with Gasteiger partial charge in [-0.25, -0.2) is 0 Å². The van der Waals surface area contributed by atoms with Gasteiger partial charge in [-0.2, -0.15) is 0 Å². The van der Waals surface area contributed by atoms with Crippen molar-refractivity contribution < 1.29 is 19.4 Å². The molecule has 2 aromatic rings. The summed E-state index contributed by atoms with van der Waals surface area (Å²) in [6.45, 7) is 0.844. The van der Waals surface area contributed by atoms with Gasteiger partial charge in [-0.3, -0.25) is 9.59 Å². The molecular weight excluding hydrogens is 306 g/mol. The molecule has 1 unspecified atom stereocenters. The Hall–Kier alpha value is -2.82. The van der Waals surface area contributed by atoms with E-state index in [0.717, 1.165) is 12.0 Å². The van der Waals surface area contributed by atoms with Gasteiger partial charge >= 0.3 is 0 Å². The molecule has 5 heteroatoms. The van der Waals surface area contributed by atoms with Crippen LogP contribution in [0, 0.1) is 0 Å². The molecule has 0 aromatic heterocycles. The Balaban J connectivity index is 1.69. The van der Waals surface area contributed by atoms with E-state index >= 15 is 0 Å². The maximum atomic E-state index is 12.2. The number of phenolic OH excluding ortho intramolecular Hbond substituents is 1. The first-order chi connectivity index (χ1) is 11.7. The zero-order chi connectivity index (χ0) is 16.9. The number of hydrogen-bond acceptors (Lipinski definition) is 4. The summed E-state index contributed by atoms with van der Waals surface area (Å²) in [6, 6.07) is 14.5. The number of rotatable bonds is 6. The van der Waals surface area contributed by atoms with Crippen molar-refractivity contribution in [1.29, 1.82) is 0 Å². The van der Waals surface area contributed by atoms with Crippen molar-refractivity contribution >= 4 is 12.2 Å². The Morgan fingerprint density at radius 3 is 2.71 bits per heavy atom. The van der Waals surface area contributed by atoms with E-state index < -0.39 is 0 Å². The van der Waals surface area contributed by atoms with Crippen LogP contribution in [0.1, 0.15) is 28.8 Å². The average molecular weight is 325 g/mol. The zero-order valence-corrected chi connectivity index (χ0v) is 13.2. The van der Waals surface area contributed by atoms with Gasteiger partial charge in [-0.1, -0.05) is 36.4 Å². The van der Waals surface area contributed by atoms with Crippen molar-refractivity contribution in [2.45, 2.75) is 25.4 Å². The number of phenols is 1. The second-order valence-electron chi connectivity index (χ2n) is 5.82. The van der Waals surface area contributed by atoms with Gasteiger partial charge in [-0.15, -0.1) is 0 Å². The minimum absolute atomic E-state index is 0.0421. The van der Waals surface area contributed by atoms with Gasteiger partial charge in [0.15, 0.2) is 6.29 Å². The van der Waals surface area contributed by atoms with Crippen molar-refractivity contribution in [3.63, 3.8) is 0 Å². The zero-order valence-electron chi connectivity index (χ0n) is 13.2. The molecule has 5 nitrogen and oxygen atoms in total. The maximum Gasteiger partial charge on any atom is 0.223 e. The first-order valence-corrected chi connectivity index (χ1v) is 7.92. The van der Waals surface area contributed by atoms with Crippen LogP contribution in [0.25, 0.3) is 0 Å². The minimum Gasteiger partial charge on any atom is -0.507 e. The third-order valence-electron chi connectivity index (χ3n) is 4.24. The highest BCUT2D eigenvalue weighted by Crippen LogP contribution is 2.27. The van der Waals surface area contributed by atoms with Crippen molar-refractivity contribution in [3.05, 3.63) is 59.7 Å². The fourth-order valence-electron chi connectivity index (χ4n) is 2.93. The molecule has 1 fully saturated rings. The van der Waals surface area contributed by atoms with Crippen LogP contribution in [0.4, 0.5) is 0 Å². The molecule has 0 aliphatic carbocycles. The molecule has 1 aliphatic rings. The second kappa shape index (κ2) is 7.17. The van der Waals surface area contributed by atoms with Crippen LogP contribution in [-0.2, 0) is 11.3 Å². The van der Waals surface area contributed by atoms with Crippen LogP contribution in [-0.4, -0.2) is 34.8 Å². The molecule has 1 aliphatic heterocycles. The molecule has 0 spiro atoms. The van der Waals surface area contributed by atoms with Gasteiger partial charge in [0.1, 0.15) is 18.1 Å². The molecule has 3 rings (SSSR count). The summed E-state index contributed by atoms with van der Waals surface area (Å²) in [7, 11) is 0. The highest BCUT2D eigenvalue weighted by Gasteiger charge is 2.31. The summed E-state index contributed by atoms with van der Waals surface area (Å²) in [4.78, 5) is 25.1. The Morgan fingerprint density at radius 2 is 1.96 bits per heavy atom. The van der Waals surface area contributed by atoms with Crippen LogP contribution in [0.2, 0.25) is 0 Å². The SMILES string of the molecule is O=Cc1c(O)cccc1OCC1CCC(=O)N1Cc1ccccc1. The number of carbonyl (C=O) groups excluding carboxylic acids is 2. The Kier molecular flexibility index (Phi) is 4.79. The van der Waals surface area contributed by atoms with E-state index in [-0.39, 0.29) is 23.3 Å². The summed E-state index contributed by atoms with van der Waals surface area (Å²) in [5.74, 6) is 0.342. The highest BCUT2D eigenvalue weighted by molar-refractivity contribution is 5.83. The molecule has 24 heavy (non-hydrogen) atoms. The lowest BCUT2D eigenvalue weighted by atomic mass is 10.2. The third kappa shape index (κ3) is 3.40. The van der Waals surface area contributed by atoms with E-state index in [9.17, 15) is 14.7 Å². The summed E-state index contributed by atoms with van der Waals surface area (Å²) in [5.41, 5.74) is 1.21. The summed E-state index contributed by atoms with van der Waals surface area (Å²) in [6.07, 6.45) is 1.80. The number of likely N-dealkylation sites (tertiary alicyclic amines) is 1.